The summed E-state index contributed by atoms with van der Waals surface area (Å²) in [6.45, 7) is 15.1. The fraction of sp³-hybridized carbons (Fsp3) is 0.500. The summed E-state index contributed by atoms with van der Waals surface area (Å²) in [6, 6.07) is 11.7. The third-order valence-corrected chi connectivity index (χ3v) is 6.79. The highest BCUT2D eigenvalue weighted by Gasteiger charge is 2.51. The van der Waals surface area contributed by atoms with Crippen molar-refractivity contribution in [2.75, 3.05) is 13.1 Å². The van der Waals surface area contributed by atoms with Crippen molar-refractivity contribution in [3.05, 3.63) is 53.7 Å². The molecule has 2 aromatic rings. The molecule has 0 aliphatic carbocycles. The number of likely N-dealkylation sites (tertiary alicyclic amines) is 1. The fourth-order valence-corrected chi connectivity index (χ4v) is 4.04. The number of ether oxygens (including phenoxy) is 2. The molecule has 192 valence electrons. The van der Waals surface area contributed by atoms with Gasteiger partial charge in [0.05, 0.1) is 11.2 Å². The van der Waals surface area contributed by atoms with Crippen LogP contribution in [-0.4, -0.2) is 53.0 Å². The van der Waals surface area contributed by atoms with Crippen molar-refractivity contribution in [3.8, 4) is 11.6 Å². The van der Waals surface area contributed by atoms with E-state index in [0.29, 0.717) is 24.7 Å². The molecule has 0 bridgehead atoms. The summed E-state index contributed by atoms with van der Waals surface area (Å²) in [7, 11) is -0.451. The van der Waals surface area contributed by atoms with E-state index >= 15 is 0 Å². The number of nitrogens with zero attached hydrogens (tertiary/aromatic N) is 2. The van der Waals surface area contributed by atoms with Gasteiger partial charge in [-0.2, -0.15) is 0 Å². The van der Waals surface area contributed by atoms with Gasteiger partial charge < -0.3 is 23.7 Å². The molecule has 0 unspecified atom stereocenters. The average Bonchev–Trinajstić information content (AvgIpc) is 3.01. The summed E-state index contributed by atoms with van der Waals surface area (Å²) in [5.41, 5.74) is 1.95. The van der Waals surface area contributed by atoms with Crippen LogP contribution in [0.4, 0.5) is 4.79 Å². The Morgan fingerprint density at radius 1 is 1.06 bits per heavy atom. The number of pyridine rings is 1. The minimum atomic E-state index is -0.477. The van der Waals surface area contributed by atoms with E-state index in [1.165, 1.54) is 5.57 Å². The van der Waals surface area contributed by atoms with Crippen LogP contribution in [0.2, 0.25) is 0 Å². The van der Waals surface area contributed by atoms with E-state index in [1.807, 2.05) is 78.8 Å². The number of hydrogen-bond acceptors (Lipinski definition) is 6. The topological polar surface area (TPSA) is 70.1 Å². The Morgan fingerprint density at radius 2 is 1.72 bits per heavy atom. The Labute approximate surface area is 214 Å². The summed E-state index contributed by atoms with van der Waals surface area (Å²) in [5, 5.41) is 0. The van der Waals surface area contributed by atoms with Crippen molar-refractivity contribution in [1.29, 1.82) is 0 Å². The van der Waals surface area contributed by atoms with Gasteiger partial charge in [-0.05, 0) is 79.0 Å². The van der Waals surface area contributed by atoms with Gasteiger partial charge in [0, 0.05) is 30.8 Å². The fourth-order valence-electron chi connectivity index (χ4n) is 4.04. The number of amides is 1. The van der Waals surface area contributed by atoms with Gasteiger partial charge in [0.2, 0.25) is 5.88 Å². The SMILES string of the molecule is CC(C)(C)OC(=O)N1CCC(=Cc2cccc(Oc3ccc(B4OC(C)(C)C(C)(C)O4)cn3)c2)CC1. The molecule has 7 nitrogen and oxygen atoms in total. The highest BCUT2D eigenvalue weighted by Crippen LogP contribution is 2.36. The van der Waals surface area contributed by atoms with E-state index < -0.39 is 23.9 Å². The van der Waals surface area contributed by atoms with Crippen LogP contribution >= 0.6 is 0 Å². The summed E-state index contributed by atoms with van der Waals surface area (Å²) in [5.74, 6) is 1.22. The Bertz CT molecular complexity index is 1100. The zero-order chi connectivity index (χ0) is 26.1. The molecule has 0 radical (unpaired) electrons. The molecular weight excluding hydrogens is 455 g/mol. The molecule has 0 atom stereocenters. The van der Waals surface area contributed by atoms with Gasteiger partial charge in [0.25, 0.3) is 0 Å². The standard InChI is InChI=1S/C28H37BN2O5/c1-26(2,3)34-25(32)31-15-13-20(14-16-31)17-21-9-8-10-23(18-21)33-24-12-11-22(19-30-24)29-35-27(4,5)28(6,7)36-29/h8-12,17-19H,13-16H2,1-7H3. The quantitative estimate of drug-likeness (QED) is 0.519. The van der Waals surface area contributed by atoms with Crippen molar-refractivity contribution < 1.29 is 23.6 Å². The monoisotopic (exact) mass is 492 g/mol. The molecule has 0 saturated carbocycles. The Kier molecular flexibility index (Phi) is 7.22. The highest BCUT2D eigenvalue weighted by atomic mass is 16.7. The van der Waals surface area contributed by atoms with Crippen LogP contribution in [0.3, 0.4) is 0 Å². The normalized spacial score (nSPS) is 19.2. The third kappa shape index (κ3) is 6.29. The van der Waals surface area contributed by atoms with Crippen LogP contribution in [0, 0.1) is 0 Å². The molecule has 2 aliphatic heterocycles. The van der Waals surface area contributed by atoms with Crippen molar-refractivity contribution in [1.82, 2.24) is 9.88 Å². The zero-order valence-electron chi connectivity index (χ0n) is 22.5. The lowest BCUT2D eigenvalue weighted by atomic mass is 9.80. The zero-order valence-corrected chi connectivity index (χ0v) is 22.5. The van der Waals surface area contributed by atoms with Gasteiger partial charge in [-0.3, -0.25) is 0 Å². The maximum Gasteiger partial charge on any atom is 0.496 e. The predicted molar refractivity (Wildman–Crippen MR) is 141 cm³/mol. The predicted octanol–water partition coefficient (Wildman–Crippen LogP) is 5.59. The van der Waals surface area contributed by atoms with Crippen LogP contribution in [0.25, 0.3) is 6.08 Å². The molecule has 1 amide bonds. The molecule has 4 rings (SSSR count). The average molecular weight is 492 g/mol. The number of hydrogen-bond donors (Lipinski definition) is 0. The smallest absolute Gasteiger partial charge is 0.444 e. The van der Waals surface area contributed by atoms with E-state index in [9.17, 15) is 4.79 Å². The van der Waals surface area contributed by atoms with Crippen molar-refractivity contribution >= 4 is 24.8 Å². The Hall–Kier alpha value is -2.84. The second-order valence-electron chi connectivity index (χ2n) is 11.5. The minimum Gasteiger partial charge on any atom is -0.444 e. The van der Waals surface area contributed by atoms with Gasteiger partial charge in [0.15, 0.2) is 0 Å². The Balaban J connectivity index is 1.35. The summed E-state index contributed by atoms with van der Waals surface area (Å²) < 4.78 is 23.7. The first-order valence-electron chi connectivity index (χ1n) is 12.6. The van der Waals surface area contributed by atoms with E-state index in [2.05, 4.69) is 17.1 Å². The first kappa shape index (κ1) is 26.2. The van der Waals surface area contributed by atoms with E-state index in [0.717, 1.165) is 23.9 Å². The van der Waals surface area contributed by atoms with Crippen molar-refractivity contribution in [2.45, 2.75) is 78.1 Å². The second-order valence-corrected chi connectivity index (χ2v) is 11.5. The number of carbonyl (C=O) groups excluding carboxylic acids is 1. The lowest BCUT2D eigenvalue weighted by Gasteiger charge is -2.32. The molecule has 3 heterocycles. The largest absolute Gasteiger partial charge is 0.496 e. The number of piperidine rings is 1. The molecule has 8 heteroatoms. The number of rotatable bonds is 4. The molecule has 2 fully saturated rings. The second kappa shape index (κ2) is 9.90. The molecular formula is C28H37BN2O5. The van der Waals surface area contributed by atoms with Gasteiger partial charge in [-0.15, -0.1) is 0 Å². The van der Waals surface area contributed by atoms with E-state index in [-0.39, 0.29) is 6.09 Å². The van der Waals surface area contributed by atoms with Crippen molar-refractivity contribution in [2.24, 2.45) is 0 Å². The minimum absolute atomic E-state index is 0.242. The first-order chi connectivity index (χ1) is 16.8. The molecule has 1 aromatic heterocycles. The van der Waals surface area contributed by atoms with Crippen molar-refractivity contribution in [3.63, 3.8) is 0 Å². The first-order valence-corrected chi connectivity index (χ1v) is 12.6. The summed E-state index contributed by atoms with van der Waals surface area (Å²) in [6.07, 6.45) is 5.32. The van der Waals surface area contributed by atoms with Gasteiger partial charge in [0.1, 0.15) is 11.4 Å². The van der Waals surface area contributed by atoms with Crippen LogP contribution in [0.15, 0.2) is 48.2 Å². The number of carbonyl (C=O) groups is 1. The van der Waals surface area contributed by atoms with Crippen LogP contribution in [0.1, 0.15) is 66.9 Å². The van der Waals surface area contributed by atoms with Gasteiger partial charge in [-0.25, -0.2) is 9.78 Å². The van der Waals surface area contributed by atoms with Crippen LogP contribution in [0.5, 0.6) is 11.6 Å². The van der Waals surface area contributed by atoms with Crippen LogP contribution in [-0.2, 0) is 14.0 Å². The lowest BCUT2D eigenvalue weighted by molar-refractivity contribution is 0.00578. The molecule has 36 heavy (non-hydrogen) atoms. The maximum absolute atomic E-state index is 12.3. The number of aromatic nitrogens is 1. The van der Waals surface area contributed by atoms with E-state index in [4.69, 9.17) is 18.8 Å². The van der Waals surface area contributed by atoms with E-state index in [1.54, 1.807) is 11.1 Å². The Morgan fingerprint density at radius 3 is 2.31 bits per heavy atom. The van der Waals surface area contributed by atoms with Gasteiger partial charge >= 0.3 is 13.2 Å². The highest BCUT2D eigenvalue weighted by molar-refractivity contribution is 6.62. The molecule has 0 N–H and O–H groups in total. The lowest BCUT2D eigenvalue weighted by Crippen LogP contribution is -2.41. The summed E-state index contributed by atoms with van der Waals surface area (Å²) in [4.78, 5) is 18.5. The van der Waals surface area contributed by atoms with Gasteiger partial charge in [-0.1, -0.05) is 29.8 Å². The number of benzene rings is 1. The maximum atomic E-state index is 12.3. The molecule has 2 saturated heterocycles. The third-order valence-electron chi connectivity index (χ3n) is 6.79. The summed E-state index contributed by atoms with van der Waals surface area (Å²) >= 11 is 0. The van der Waals surface area contributed by atoms with Crippen LogP contribution < -0.4 is 10.2 Å². The molecule has 0 spiro atoms. The molecule has 2 aliphatic rings. The molecule has 1 aromatic carbocycles.